The predicted octanol–water partition coefficient (Wildman–Crippen LogP) is 2.92. The van der Waals surface area contributed by atoms with Crippen molar-refractivity contribution in [1.29, 1.82) is 0 Å². The molecule has 1 N–H and O–H groups in total. The average molecular weight is 264 g/mol. The first-order valence-electron chi connectivity index (χ1n) is 6.45. The number of aromatic amines is 1. The van der Waals surface area contributed by atoms with Gasteiger partial charge in [-0.1, -0.05) is 6.58 Å². The van der Waals surface area contributed by atoms with Crippen molar-refractivity contribution in [2.24, 2.45) is 12.0 Å². The third-order valence-electron chi connectivity index (χ3n) is 3.32. The van der Waals surface area contributed by atoms with Gasteiger partial charge in [0.05, 0.1) is 0 Å². The molecular formula is C16H16N4. The molecule has 3 rings (SSSR count). The lowest BCUT2D eigenvalue weighted by atomic mass is 10.1. The van der Waals surface area contributed by atoms with E-state index in [1.54, 1.807) is 6.20 Å². The van der Waals surface area contributed by atoms with Crippen LogP contribution in [0.5, 0.6) is 0 Å². The summed E-state index contributed by atoms with van der Waals surface area (Å²) in [6.45, 7) is 5.62. The van der Waals surface area contributed by atoms with Crippen LogP contribution in [0.4, 0.5) is 0 Å². The van der Waals surface area contributed by atoms with E-state index in [-0.39, 0.29) is 0 Å². The number of fused-ring (bicyclic) bond motifs is 1. The Morgan fingerprint density at radius 1 is 1.30 bits per heavy atom. The Morgan fingerprint density at radius 2 is 2.15 bits per heavy atom. The van der Waals surface area contributed by atoms with Gasteiger partial charge < -0.3 is 9.55 Å². The number of hydrogen-bond donors (Lipinski definition) is 1. The van der Waals surface area contributed by atoms with Crippen molar-refractivity contribution in [3.63, 3.8) is 0 Å². The summed E-state index contributed by atoms with van der Waals surface area (Å²) >= 11 is 0. The Kier molecular flexibility index (Phi) is 2.99. The van der Waals surface area contributed by atoms with Gasteiger partial charge in [-0.05, 0) is 31.2 Å². The minimum atomic E-state index is 0.873. The molecule has 4 heteroatoms. The molecule has 0 fully saturated rings. The van der Waals surface area contributed by atoms with Crippen molar-refractivity contribution >= 4 is 11.0 Å². The third-order valence-corrected chi connectivity index (χ3v) is 3.32. The third kappa shape index (κ3) is 2.05. The van der Waals surface area contributed by atoms with Gasteiger partial charge in [-0.15, -0.1) is 0 Å². The van der Waals surface area contributed by atoms with E-state index in [4.69, 9.17) is 0 Å². The van der Waals surface area contributed by atoms with Crippen molar-refractivity contribution in [2.45, 2.75) is 6.92 Å². The maximum absolute atomic E-state index is 4.50. The molecule has 4 nitrogen and oxygen atoms in total. The molecule has 0 unspecified atom stereocenters. The summed E-state index contributed by atoms with van der Waals surface area (Å²) in [6.07, 6.45) is 5.61. The first kappa shape index (κ1) is 12.4. The van der Waals surface area contributed by atoms with E-state index in [1.165, 1.54) is 0 Å². The molecule has 3 aromatic heterocycles. The molecule has 0 aromatic carbocycles. The summed E-state index contributed by atoms with van der Waals surface area (Å²) in [7, 11) is 1.98. The molecule has 0 aliphatic heterocycles. The van der Waals surface area contributed by atoms with Crippen molar-refractivity contribution in [3.8, 4) is 11.1 Å². The molecule has 0 bridgehead atoms. The number of rotatable bonds is 2. The maximum Gasteiger partial charge on any atom is 0.138 e. The van der Waals surface area contributed by atoms with Gasteiger partial charge in [0.2, 0.25) is 0 Å². The van der Waals surface area contributed by atoms with Crippen LogP contribution in [0.3, 0.4) is 0 Å². The summed E-state index contributed by atoms with van der Waals surface area (Å²) in [6, 6.07) is 8.18. The topological polar surface area (TPSA) is 46.0 Å². The smallest absolute Gasteiger partial charge is 0.138 e. The molecule has 0 amide bonds. The monoisotopic (exact) mass is 264 g/mol. The van der Waals surface area contributed by atoms with Gasteiger partial charge in [0.1, 0.15) is 11.1 Å². The highest BCUT2D eigenvalue weighted by Gasteiger charge is 2.07. The number of aryl methyl sites for hydroxylation is 2. The second-order valence-electron chi connectivity index (χ2n) is 4.75. The summed E-state index contributed by atoms with van der Waals surface area (Å²) in [5.74, 6) is 0. The molecule has 0 atom stereocenters. The SMILES string of the molecule is C=CN=c1ccc(-c2c[nH]c3nc(C)ccc23)cn1C. The molecule has 0 saturated heterocycles. The van der Waals surface area contributed by atoms with Crippen LogP contribution in [-0.2, 0) is 7.05 Å². The predicted molar refractivity (Wildman–Crippen MR) is 81.0 cm³/mol. The van der Waals surface area contributed by atoms with Crippen LogP contribution in [0, 0.1) is 6.92 Å². The fourth-order valence-electron chi connectivity index (χ4n) is 2.33. The molecule has 0 spiro atoms. The molecule has 0 aliphatic carbocycles. The molecular weight excluding hydrogens is 248 g/mol. The maximum atomic E-state index is 4.50. The lowest BCUT2D eigenvalue weighted by Gasteiger charge is -2.04. The Balaban J connectivity index is 2.18. The van der Waals surface area contributed by atoms with E-state index in [0.717, 1.165) is 33.3 Å². The quantitative estimate of drug-likeness (QED) is 0.760. The van der Waals surface area contributed by atoms with Gasteiger partial charge in [-0.2, -0.15) is 0 Å². The lowest BCUT2D eigenvalue weighted by Crippen LogP contribution is -2.15. The van der Waals surface area contributed by atoms with Crippen LogP contribution in [0.2, 0.25) is 0 Å². The van der Waals surface area contributed by atoms with Gasteiger partial charge in [0.25, 0.3) is 0 Å². The molecule has 3 aromatic rings. The second-order valence-corrected chi connectivity index (χ2v) is 4.75. The molecule has 0 saturated carbocycles. The largest absolute Gasteiger partial charge is 0.346 e. The Hall–Kier alpha value is -2.62. The summed E-state index contributed by atoms with van der Waals surface area (Å²) < 4.78 is 1.98. The van der Waals surface area contributed by atoms with E-state index in [0.29, 0.717) is 0 Å². The fourth-order valence-corrected chi connectivity index (χ4v) is 2.33. The normalized spacial score (nSPS) is 12.0. The first-order chi connectivity index (χ1) is 9.69. The van der Waals surface area contributed by atoms with Crippen LogP contribution < -0.4 is 5.49 Å². The molecule has 3 heterocycles. The van der Waals surface area contributed by atoms with E-state index in [1.807, 2.05) is 36.9 Å². The van der Waals surface area contributed by atoms with Crippen LogP contribution >= 0.6 is 0 Å². The van der Waals surface area contributed by atoms with E-state index in [2.05, 4.69) is 39.9 Å². The molecule has 0 radical (unpaired) electrons. The van der Waals surface area contributed by atoms with Crippen LogP contribution in [0.15, 0.2) is 54.4 Å². The summed E-state index contributed by atoms with van der Waals surface area (Å²) in [5.41, 5.74) is 5.08. The van der Waals surface area contributed by atoms with Crippen molar-refractivity contribution in [2.75, 3.05) is 0 Å². The number of nitrogens with zero attached hydrogens (tertiary/aromatic N) is 3. The zero-order chi connectivity index (χ0) is 14.1. The van der Waals surface area contributed by atoms with Crippen LogP contribution in [-0.4, -0.2) is 14.5 Å². The minimum Gasteiger partial charge on any atom is -0.346 e. The highest BCUT2D eigenvalue weighted by atomic mass is 15.0. The zero-order valence-electron chi connectivity index (χ0n) is 11.6. The Labute approximate surface area is 117 Å². The standard InChI is InChI=1S/C16H16N4/c1-4-17-15-8-6-12(10-20(15)3)14-9-18-16-13(14)7-5-11(2)19-16/h4-10H,1H2,2-3H3,(H,18,19). The van der Waals surface area contributed by atoms with Gasteiger partial charge >= 0.3 is 0 Å². The van der Waals surface area contributed by atoms with Gasteiger partial charge in [0.15, 0.2) is 0 Å². The Morgan fingerprint density at radius 3 is 2.90 bits per heavy atom. The van der Waals surface area contributed by atoms with E-state index < -0.39 is 0 Å². The highest BCUT2D eigenvalue weighted by Crippen LogP contribution is 2.26. The van der Waals surface area contributed by atoms with Gasteiger partial charge in [-0.3, -0.25) is 0 Å². The van der Waals surface area contributed by atoms with Crippen molar-refractivity contribution in [1.82, 2.24) is 14.5 Å². The average Bonchev–Trinajstić information content (AvgIpc) is 2.84. The Bertz CT molecular complexity index is 852. The van der Waals surface area contributed by atoms with Gasteiger partial charge in [0, 0.05) is 47.8 Å². The van der Waals surface area contributed by atoms with Crippen LogP contribution in [0.25, 0.3) is 22.2 Å². The summed E-state index contributed by atoms with van der Waals surface area (Å²) in [4.78, 5) is 11.9. The molecule has 20 heavy (non-hydrogen) atoms. The lowest BCUT2D eigenvalue weighted by molar-refractivity contribution is 0.836. The minimum absolute atomic E-state index is 0.873. The van der Waals surface area contributed by atoms with Crippen molar-refractivity contribution < 1.29 is 0 Å². The summed E-state index contributed by atoms with van der Waals surface area (Å²) in [5, 5.41) is 1.13. The fraction of sp³-hybridized carbons (Fsp3) is 0.125. The number of H-pyrrole nitrogens is 1. The zero-order valence-corrected chi connectivity index (χ0v) is 11.6. The number of nitrogens with one attached hydrogen (secondary N) is 1. The molecule has 0 aliphatic rings. The molecule has 100 valence electrons. The van der Waals surface area contributed by atoms with E-state index in [9.17, 15) is 0 Å². The van der Waals surface area contributed by atoms with Crippen LogP contribution in [0.1, 0.15) is 5.69 Å². The highest BCUT2D eigenvalue weighted by molar-refractivity contribution is 5.93. The number of hydrogen-bond acceptors (Lipinski definition) is 2. The van der Waals surface area contributed by atoms with E-state index >= 15 is 0 Å². The first-order valence-corrected chi connectivity index (χ1v) is 6.45. The second kappa shape index (κ2) is 4.81. The number of pyridine rings is 2. The number of aromatic nitrogens is 3. The van der Waals surface area contributed by atoms with Gasteiger partial charge in [-0.25, -0.2) is 9.98 Å². The van der Waals surface area contributed by atoms with Crippen molar-refractivity contribution in [3.05, 3.63) is 60.6 Å².